The molecule has 2 heterocycles. The van der Waals surface area contributed by atoms with Gasteiger partial charge in [-0.2, -0.15) is 5.10 Å². The molecule has 3 rings (SSSR count). The van der Waals surface area contributed by atoms with Gasteiger partial charge >= 0.3 is 0 Å². The highest BCUT2D eigenvalue weighted by Crippen LogP contribution is 2.29. The van der Waals surface area contributed by atoms with Gasteiger partial charge in [0.05, 0.1) is 23.3 Å². The summed E-state index contributed by atoms with van der Waals surface area (Å²) in [5.74, 6) is -0.122. The first-order chi connectivity index (χ1) is 11.2. The summed E-state index contributed by atoms with van der Waals surface area (Å²) in [6.07, 6.45) is 3.41. The summed E-state index contributed by atoms with van der Waals surface area (Å²) < 4.78 is 1.71. The van der Waals surface area contributed by atoms with Gasteiger partial charge in [-0.1, -0.05) is 29.8 Å². The van der Waals surface area contributed by atoms with E-state index in [2.05, 4.69) is 10.4 Å². The van der Waals surface area contributed by atoms with Crippen LogP contribution in [0.2, 0.25) is 0 Å². The molecule has 5 nitrogen and oxygen atoms in total. The molecule has 2 aromatic heterocycles. The predicted molar refractivity (Wildman–Crippen MR) is 93.7 cm³/mol. The molecular formula is C17H18N4OS. The summed E-state index contributed by atoms with van der Waals surface area (Å²) >= 11 is 1.43. The van der Waals surface area contributed by atoms with Crippen LogP contribution in [0.25, 0.3) is 11.1 Å². The molecule has 0 spiro atoms. The highest BCUT2D eigenvalue weighted by Gasteiger charge is 2.15. The minimum Gasteiger partial charge on any atom is -0.329 e. The van der Waals surface area contributed by atoms with Gasteiger partial charge in [0.1, 0.15) is 0 Å². The maximum atomic E-state index is 12.5. The van der Waals surface area contributed by atoms with Crippen LogP contribution in [0.5, 0.6) is 0 Å². The molecule has 0 aliphatic carbocycles. The molecule has 0 atom stereocenters. The van der Waals surface area contributed by atoms with E-state index in [4.69, 9.17) is 5.73 Å². The first kappa shape index (κ1) is 15.5. The van der Waals surface area contributed by atoms with Crippen LogP contribution in [-0.2, 0) is 6.54 Å². The van der Waals surface area contributed by atoms with E-state index in [1.165, 1.54) is 16.9 Å². The Kier molecular flexibility index (Phi) is 4.55. The van der Waals surface area contributed by atoms with Gasteiger partial charge in [-0.3, -0.25) is 9.48 Å². The van der Waals surface area contributed by atoms with Gasteiger partial charge < -0.3 is 11.1 Å². The van der Waals surface area contributed by atoms with E-state index in [0.717, 1.165) is 11.1 Å². The lowest BCUT2D eigenvalue weighted by Crippen LogP contribution is -2.11. The number of carbonyl (C=O) groups is 1. The van der Waals surface area contributed by atoms with E-state index in [9.17, 15) is 4.79 Å². The van der Waals surface area contributed by atoms with Crippen molar-refractivity contribution in [2.24, 2.45) is 5.73 Å². The van der Waals surface area contributed by atoms with Crippen molar-refractivity contribution in [3.63, 3.8) is 0 Å². The smallest absolute Gasteiger partial charge is 0.266 e. The second-order valence-corrected chi connectivity index (χ2v) is 6.18. The number of thiophene rings is 1. The number of nitrogens with two attached hydrogens (primary N) is 1. The zero-order valence-electron chi connectivity index (χ0n) is 12.8. The number of carbonyl (C=O) groups excluding carboxylic acids is 1. The van der Waals surface area contributed by atoms with Crippen molar-refractivity contribution >= 4 is 22.9 Å². The fourth-order valence-corrected chi connectivity index (χ4v) is 3.13. The van der Waals surface area contributed by atoms with Crippen molar-refractivity contribution in [1.29, 1.82) is 0 Å². The third kappa shape index (κ3) is 3.49. The van der Waals surface area contributed by atoms with Crippen molar-refractivity contribution in [1.82, 2.24) is 9.78 Å². The molecule has 0 saturated heterocycles. The third-order valence-corrected chi connectivity index (χ3v) is 4.40. The molecule has 3 aromatic rings. The lowest BCUT2D eigenvalue weighted by atomic mass is 10.0. The van der Waals surface area contributed by atoms with Crippen LogP contribution in [0.3, 0.4) is 0 Å². The Bertz CT molecular complexity index is 804. The molecule has 1 aromatic carbocycles. The summed E-state index contributed by atoms with van der Waals surface area (Å²) in [5, 5.41) is 8.98. The molecule has 0 aliphatic heterocycles. The first-order valence-corrected chi connectivity index (χ1v) is 8.24. The number of nitrogens with zero attached hydrogens (tertiary/aromatic N) is 2. The van der Waals surface area contributed by atoms with Gasteiger partial charge in [-0.25, -0.2) is 0 Å². The van der Waals surface area contributed by atoms with Gasteiger partial charge in [-0.15, -0.1) is 11.3 Å². The summed E-state index contributed by atoms with van der Waals surface area (Å²) in [7, 11) is 0. The van der Waals surface area contributed by atoms with E-state index < -0.39 is 0 Å². The highest BCUT2D eigenvalue weighted by molar-refractivity contribution is 7.12. The molecule has 0 saturated carbocycles. The Labute approximate surface area is 138 Å². The maximum Gasteiger partial charge on any atom is 0.266 e. The SMILES string of the molecule is Cc1ccc(-c2ccsc2C(=O)Nc2cnn(CCN)c2)cc1. The second-order valence-electron chi connectivity index (χ2n) is 5.26. The van der Waals surface area contributed by atoms with Crippen LogP contribution >= 0.6 is 11.3 Å². The number of benzene rings is 1. The molecule has 0 fully saturated rings. The fourth-order valence-electron chi connectivity index (χ4n) is 2.32. The predicted octanol–water partition coefficient (Wildman–Crippen LogP) is 3.13. The zero-order chi connectivity index (χ0) is 16.2. The van der Waals surface area contributed by atoms with Gasteiger partial charge in [0.15, 0.2) is 0 Å². The van der Waals surface area contributed by atoms with Gasteiger partial charge in [0, 0.05) is 18.3 Å². The zero-order valence-corrected chi connectivity index (χ0v) is 13.6. The topological polar surface area (TPSA) is 72.9 Å². The number of hydrogen-bond acceptors (Lipinski definition) is 4. The molecule has 0 radical (unpaired) electrons. The number of aryl methyl sites for hydroxylation is 1. The van der Waals surface area contributed by atoms with E-state index in [1.807, 2.05) is 42.6 Å². The molecule has 0 aliphatic rings. The maximum absolute atomic E-state index is 12.5. The van der Waals surface area contributed by atoms with Gasteiger partial charge in [0.2, 0.25) is 0 Å². The van der Waals surface area contributed by atoms with E-state index in [0.29, 0.717) is 23.7 Å². The quantitative estimate of drug-likeness (QED) is 0.756. The Balaban J connectivity index is 1.80. The van der Waals surface area contributed by atoms with E-state index >= 15 is 0 Å². The summed E-state index contributed by atoms with van der Waals surface area (Å²) in [4.78, 5) is 13.2. The molecular weight excluding hydrogens is 308 g/mol. The van der Waals surface area contributed by atoms with Crippen LogP contribution in [0, 0.1) is 6.92 Å². The normalized spacial score (nSPS) is 10.7. The average molecular weight is 326 g/mol. The van der Waals surface area contributed by atoms with E-state index in [1.54, 1.807) is 17.1 Å². The second kappa shape index (κ2) is 6.76. The van der Waals surface area contributed by atoms with Crippen LogP contribution in [0.4, 0.5) is 5.69 Å². The van der Waals surface area contributed by atoms with Gasteiger partial charge in [-0.05, 0) is 23.9 Å². The lowest BCUT2D eigenvalue weighted by molar-refractivity contribution is 0.103. The third-order valence-electron chi connectivity index (χ3n) is 3.48. The van der Waals surface area contributed by atoms with Crippen molar-refractivity contribution in [2.75, 3.05) is 11.9 Å². The average Bonchev–Trinajstić information content (AvgIpc) is 3.18. The number of anilines is 1. The summed E-state index contributed by atoms with van der Waals surface area (Å²) in [5.41, 5.74) is 9.35. The van der Waals surface area contributed by atoms with E-state index in [-0.39, 0.29) is 5.91 Å². The first-order valence-electron chi connectivity index (χ1n) is 7.36. The van der Waals surface area contributed by atoms with Crippen LogP contribution in [0.15, 0.2) is 48.1 Å². The monoisotopic (exact) mass is 326 g/mol. The van der Waals surface area contributed by atoms with Crippen LogP contribution in [-0.4, -0.2) is 22.2 Å². The summed E-state index contributed by atoms with van der Waals surface area (Å²) in [6.45, 7) is 3.19. The van der Waals surface area contributed by atoms with Crippen LogP contribution < -0.4 is 11.1 Å². The van der Waals surface area contributed by atoms with Gasteiger partial charge in [0.25, 0.3) is 5.91 Å². The Morgan fingerprint density at radius 2 is 2.09 bits per heavy atom. The highest BCUT2D eigenvalue weighted by atomic mass is 32.1. The largest absolute Gasteiger partial charge is 0.329 e. The molecule has 0 unspecified atom stereocenters. The summed E-state index contributed by atoms with van der Waals surface area (Å²) in [6, 6.07) is 10.1. The van der Waals surface area contributed by atoms with Crippen molar-refractivity contribution in [3.8, 4) is 11.1 Å². The standard InChI is InChI=1S/C17H18N4OS/c1-12-2-4-13(5-3-12)15-6-9-23-16(15)17(22)20-14-10-19-21(11-14)8-7-18/h2-6,9-11H,7-8,18H2,1H3,(H,20,22). The van der Waals surface area contributed by atoms with Crippen molar-refractivity contribution in [2.45, 2.75) is 13.5 Å². The van der Waals surface area contributed by atoms with Crippen molar-refractivity contribution in [3.05, 3.63) is 58.5 Å². The fraction of sp³-hybridized carbons (Fsp3) is 0.176. The van der Waals surface area contributed by atoms with Crippen LogP contribution in [0.1, 0.15) is 15.2 Å². The minimum absolute atomic E-state index is 0.122. The number of hydrogen-bond donors (Lipinski definition) is 2. The molecule has 6 heteroatoms. The minimum atomic E-state index is -0.122. The number of amides is 1. The molecule has 3 N–H and O–H groups in total. The number of nitrogens with one attached hydrogen (secondary N) is 1. The Morgan fingerprint density at radius 1 is 1.30 bits per heavy atom. The Morgan fingerprint density at radius 3 is 2.83 bits per heavy atom. The number of rotatable bonds is 5. The Hall–Kier alpha value is -2.44. The molecule has 118 valence electrons. The van der Waals surface area contributed by atoms with Crippen molar-refractivity contribution < 1.29 is 4.79 Å². The number of aromatic nitrogens is 2. The molecule has 0 bridgehead atoms. The lowest BCUT2D eigenvalue weighted by Gasteiger charge is -2.05. The molecule has 1 amide bonds. The molecule has 23 heavy (non-hydrogen) atoms.